The van der Waals surface area contributed by atoms with Crippen LogP contribution >= 0.6 is 11.8 Å². The second-order valence-corrected chi connectivity index (χ2v) is 6.89. The van der Waals surface area contributed by atoms with Crippen LogP contribution in [0.1, 0.15) is 32.6 Å². The number of carbonyl (C=O) groups excluding carboxylic acids is 1. The SMILES string of the molecule is C[C@@H](Sc1n[nH]c(-c2ccccc2)n1)C(=O)NC1CCCC1. The summed E-state index contributed by atoms with van der Waals surface area (Å²) < 4.78 is 0. The minimum atomic E-state index is -0.194. The summed E-state index contributed by atoms with van der Waals surface area (Å²) in [5, 5.41) is 10.6. The molecule has 5 nitrogen and oxygen atoms in total. The Balaban J connectivity index is 1.58. The molecular weight excluding hydrogens is 296 g/mol. The lowest BCUT2D eigenvalue weighted by molar-refractivity contribution is -0.120. The maximum Gasteiger partial charge on any atom is 0.233 e. The summed E-state index contributed by atoms with van der Waals surface area (Å²) in [6, 6.07) is 10.2. The van der Waals surface area contributed by atoms with Crippen molar-refractivity contribution in [3.05, 3.63) is 30.3 Å². The van der Waals surface area contributed by atoms with E-state index in [1.165, 1.54) is 24.6 Å². The van der Waals surface area contributed by atoms with E-state index in [-0.39, 0.29) is 11.2 Å². The first-order chi connectivity index (χ1) is 10.7. The summed E-state index contributed by atoms with van der Waals surface area (Å²) in [5.41, 5.74) is 0.991. The zero-order valence-corrected chi connectivity index (χ0v) is 13.4. The van der Waals surface area contributed by atoms with E-state index >= 15 is 0 Å². The van der Waals surface area contributed by atoms with E-state index in [1.54, 1.807) is 0 Å². The quantitative estimate of drug-likeness (QED) is 0.832. The molecule has 2 aromatic rings. The molecule has 1 fully saturated rings. The molecule has 0 aliphatic heterocycles. The zero-order valence-electron chi connectivity index (χ0n) is 12.6. The summed E-state index contributed by atoms with van der Waals surface area (Å²) in [4.78, 5) is 16.6. The minimum absolute atomic E-state index is 0.0722. The van der Waals surface area contributed by atoms with Crippen molar-refractivity contribution in [1.82, 2.24) is 20.5 Å². The summed E-state index contributed by atoms with van der Waals surface area (Å²) in [7, 11) is 0. The van der Waals surface area contributed by atoms with Crippen molar-refractivity contribution < 1.29 is 4.79 Å². The van der Waals surface area contributed by atoms with Crippen LogP contribution < -0.4 is 5.32 Å². The van der Waals surface area contributed by atoms with Gasteiger partial charge in [-0.05, 0) is 19.8 Å². The molecule has 1 amide bonds. The highest BCUT2D eigenvalue weighted by atomic mass is 32.2. The molecule has 1 aliphatic carbocycles. The Morgan fingerprint density at radius 3 is 2.77 bits per heavy atom. The molecule has 1 aromatic carbocycles. The van der Waals surface area contributed by atoms with Gasteiger partial charge in [-0.2, -0.15) is 0 Å². The molecule has 0 radical (unpaired) electrons. The number of nitrogens with zero attached hydrogens (tertiary/aromatic N) is 2. The van der Waals surface area contributed by atoms with E-state index < -0.39 is 0 Å². The zero-order chi connectivity index (χ0) is 15.4. The van der Waals surface area contributed by atoms with E-state index in [1.807, 2.05) is 37.3 Å². The molecule has 0 saturated heterocycles. The molecule has 1 aliphatic rings. The van der Waals surface area contributed by atoms with Crippen LogP contribution in [0.3, 0.4) is 0 Å². The number of nitrogens with one attached hydrogen (secondary N) is 2. The van der Waals surface area contributed by atoms with Crippen molar-refractivity contribution in [2.75, 3.05) is 0 Å². The van der Waals surface area contributed by atoms with E-state index in [4.69, 9.17) is 0 Å². The molecule has 1 aromatic heterocycles. The average Bonchev–Trinajstić information content (AvgIpc) is 3.20. The van der Waals surface area contributed by atoms with Crippen molar-refractivity contribution in [3.8, 4) is 11.4 Å². The minimum Gasteiger partial charge on any atom is -0.352 e. The van der Waals surface area contributed by atoms with Crippen LogP contribution in [0.2, 0.25) is 0 Å². The lowest BCUT2D eigenvalue weighted by Crippen LogP contribution is -2.37. The van der Waals surface area contributed by atoms with Gasteiger partial charge in [-0.15, -0.1) is 5.10 Å². The number of aromatic amines is 1. The number of rotatable bonds is 5. The van der Waals surface area contributed by atoms with E-state index in [2.05, 4.69) is 20.5 Å². The fourth-order valence-electron chi connectivity index (χ4n) is 2.62. The van der Waals surface area contributed by atoms with Crippen LogP contribution in [-0.2, 0) is 4.79 Å². The van der Waals surface area contributed by atoms with Crippen molar-refractivity contribution in [2.24, 2.45) is 0 Å². The van der Waals surface area contributed by atoms with E-state index in [0.717, 1.165) is 24.2 Å². The van der Waals surface area contributed by atoms with Gasteiger partial charge in [0.2, 0.25) is 11.1 Å². The number of benzene rings is 1. The van der Waals surface area contributed by atoms with Gasteiger partial charge in [-0.3, -0.25) is 9.89 Å². The fourth-order valence-corrected chi connectivity index (χ4v) is 3.36. The number of carbonyl (C=O) groups is 1. The molecule has 0 spiro atoms. The van der Waals surface area contributed by atoms with E-state index in [9.17, 15) is 4.79 Å². The highest BCUT2D eigenvalue weighted by Gasteiger charge is 2.22. The number of amides is 1. The van der Waals surface area contributed by atoms with Crippen molar-refractivity contribution in [3.63, 3.8) is 0 Å². The third-order valence-corrected chi connectivity index (χ3v) is 4.83. The van der Waals surface area contributed by atoms with Crippen LogP contribution in [0.5, 0.6) is 0 Å². The molecule has 3 rings (SSSR count). The summed E-state index contributed by atoms with van der Waals surface area (Å²) >= 11 is 1.39. The second kappa shape index (κ2) is 6.96. The van der Waals surface area contributed by atoms with Gasteiger partial charge < -0.3 is 5.32 Å². The fraction of sp³-hybridized carbons (Fsp3) is 0.438. The van der Waals surface area contributed by atoms with Crippen LogP contribution in [0.4, 0.5) is 0 Å². The molecule has 1 heterocycles. The number of aromatic nitrogens is 3. The largest absolute Gasteiger partial charge is 0.352 e. The topological polar surface area (TPSA) is 70.7 Å². The Hall–Kier alpha value is -1.82. The number of hydrogen-bond acceptors (Lipinski definition) is 4. The predicted molar refractivity (Wildman–Crippen MR) is 87.5 cm³/mol. The van der Waals surface area contributed by atoms with Gasteiger partial charge in [0.15, 0.2) is 5.82 Å². The second-order valence-electron chi connectivity index (χ2n) is 5.58. The van der Waals surface area contributed by atoms with Gasteiger partial charge in [0.1, 0.15) is 0 Å². The Labute approximate surface area is 134 Å². The van der Waals surface area contributed by atoms with Gasteiger partial charge in [0.05, 0.1) is 5.25 Å². The third kappa shape index (κ3) is 3.68. The smallest absolute Gasteiger partial charge is 0.233 e. The lowest BCUT2D eigenvalue weighted by Gasteiger charge is -2.15. The van der Waals surface area contributed by atoms with Gasteiger partial charge in [-0.25, -0.2) is 4.98 Å². The van der Waals surface area contributed by atoms with E-state index in [0.29, 0.717) is 11.2 Å². The number of H-pyrrole nitrogens is 1. The first-order valence-corrected chi connectivity index (χ1v) is 8.55. The maximum absolute atomic E-state index is 12.2. The molecule has 6 heteroatoms. The summed E-state index contributed by atoms with van der Waals surface area (Å²) in [6.45, 7) is 1.90. The molecule has 2 N–H and O–H groups in total. The predicted octanol–water partition coefficient (Wildman–Crippen LogP) is 3.01. The van der Waals surface area contributed by atoms with Gasteiger partial charge in [-0.1, -0.05) is 54.9 Å². The van der Waals surface area contributed by atoms with Gasteiger partial charge in [0, 0.05) is 11.6 Å². The highest BCUT2D eigenvalue weighted by molar-refractivity contribution is 8.00. The molecule has 1 atom stereocenters. The van der Waals surface area contributed by atoms with Gasteiger partial charge in [0.25, 0.3) is 0 Å². The van der Waals surface area contributed by atoms with Crippen molar-refractivity contribution in [2.45, 2.75) is 49.1 Å². The van der Waals surface area contributed by atoms with Crippen LogP contribution in [0.25, 0.3) is 11.4 Å². The molecule has 22 heavy (non-hydrogen) atoms. The Bertz CT molecular complexity index is 622. The molecule has 0 unspecified atom stereocenters. The van der Waals surface area contributed by atoms with Crippen LogP contribution in [-0.4, -0.2) is 32.4 Å². The molecule has 1 saturated carbocycles. The molecular formula is C16H20N4OS. The first kappa shape index (κ1) is 15.1. The Kier molecular flexibility index (Phi) is 4.77. The number of thioether (sulfide) groups is 1. The maximum atomic E-state index is 12.2. The summed E-state index contributed by atoms with van der Waals surface area (Å²) in [6.07, 6.45) is 4.63. The van der Waals surface area contributed by atoms with Gasteiger partial charge >= 0.3 is 0 Å². The normalized spacial score (nSPS) is 16.6. The number of hydrogen-bond donors (Lipinski definition) is 2. The van der Waals surface area contributed by atoms with Crippen molar-refractivity contribution >= 4 is 17.7 Å². The van der Waals surface area contributed by atoms with Crippen LogP contribution in [0, 0.1) is 0 Å². The highest BCUT2D eigenvalue weighted by Crippen LogP contribution is 2.24. The summed E-state index contributed by atoms with van der Waals surface area (Å²) in [5.74, 6) is 0.800. The van der Waals surface area contributed by atoms with Crippen LogP contribution in [0.15, 0.2) is 35.5 Å². The Morgan fingerprint density at radius 1 is 1.32 bits per heavy atom. The lowest BCUT2D eigenvalue weighted by atomic mass is 10.2. The Morgan fingerprint density at radius 2 is 2.05 bits per heavy atom. The van der Waals surface area contributed by atoms with Crippen molar-refractivity contribution in [1.29, 1.82) is 0 Å². The third-order valence-electron chi connectivity index (χ3n) is 3.87. The monoisotopic (exact) mass is 316 g/mol. The standard InChI is InChI=1S/C16H20N4OS/c1-11(15(21)17-13-9-5-6-10-13)22-16-18-14(19-20-16)12-7-3-2-4-8-12/h2-4,7-8,11,13H,5-6,9-10H2,1H3,(H,17,21)(H,18,19,20)/t11-/m1/s1. The molecule has 116 valence electrons. The average molecular weight is 316 g/mol. The first-order valence-electron chi connectivity index (χ1n) is 7.67. The molecule has 0 bridgehead atoms.